The number of amides is 3. The van der Waals surface area contributed by atoms with Crippen LogP contribution in [-0.2, 0) is 23.2 Å². The van der Waals surface area contributed by atoms with E-state index in [1.165, 1.54) is 0 Å². The first-order valence-corrected chi connectivity index (χ1v) is 9.35. The Hall–Kier alpha value is -3.41. The number of carbonyl (C=O) groups is 3. The summed E-state index contributed by atoms with van der Waals surface area (Å²) in [7, 11) is 2.01. The number of para-hydroxylation sites is 1. The van der Waals surface area contributed by atoms with Crippen molar-refractivity contribution in [3.05, 3.63) is 59.8 Å². The molecule has 140 valence electrons. The molecule has 28 heavy (non-hydrogen) atoms. The first kappa shape index (κ1) is 16.7. The predicted octanol–water partition coefficient (Wildman–Crippen LogP) is 2.61. The molecule has 0 saturated carbocycles. The SMILES string of the molecule is Cn1ccc2cccc(-c3cccc4c3CN(C3CCC(=O)NC3=O)C4=O)c21. The van der Waals surface area contributed by atoms with Gasteiger partial charge < -0.3 is 9.47 Å². The molecule has 1 unspecified atom stereocenters. The van der Waals surface area contributed by atoms with Crippen molar-refractivity contribution in [1.82, 2.24) is 14.8 Å². The summed E-state index contributed by atoms with van der Waals surface area (Å²) in [5, 5.41) is 3.50. The lowest BCUT2D eigenvalue weighted by Gasteiger charge is -2.29. The number of nitrogens with one attached hydrogen (secondary N) is 1. The second kappa shape index (κ2) is 6.05. The van der Waals surface area contributed by atoms with Crippen LogP contribution in [0.25, 0.3) is 22.0 Å². The Morgan fingerprint density at radius 3 is 2.54 bits per heavy atom. The molecule has 2 aromatic carbocycles. The van der Waals surface area contributed by atoms with Crippen molar-refractivity contribution in [1.29, 1.82) is 0 Å². The highest BCUT2D eigenvalue weighted by Crippen LogP contribution is 2.37. The zero-order valence-corrected chi connectivity index (χ0v) is 15.4. The van der Waals surface area contributed by atoms with Crippen molar-refractivity contribution in [3.8, 4) is 11.1 Å². The van der Waals surface area contributed by atoms with Crippen molar-refractivity contribution >= 4 is 28.6 Å². The molecule has 0 spiro atoms. The van der Waals surface area contributed by atoms with Gasteiger partial charge in [0.25, 0.3) is 5.91 Å². The molecule has 0 bridgehead atoms. The summed E-state index contributed by atoms with van der Waals surface area (Å²) in [4.78, 5) is 38.4. The van der Waals surface area contributed by atoms with Gasteiger partial charge in [0.05, 0.1) is 5.52 Å². The zero-order valence-electron chi connectivity index (χ0n) is 15.4. The van der Waals surface area contributed by atoms with E-state index in [9.17, 15) is 14.4 Å². The van der Waals surface area contributed by atoms with Crippen molar-refractivity contribution in [2.24, 2.45) is 7.05 Å². The molecule has 6 nitrogen and oxygen atoms in total. The van der Waals surface area contributed by atoms with E-state index in [0.717, 1.165) is 27.6 Å². The number of benzene rings is 2. The van der Waals surface area contributed by atoms with E-state index in [4.69, 9.17) is 0 Å². The van der Waals surface area contributed by atoms with E-state index >= 15 is 0 Å². The molecule has 2 aliphatic heterocycles. The molecule has 1 saturated heterocycles. The lowest BCUT2D eigenvalue weighted by atomic mass is 9.95. The summed E-state index contributed by atoms with van der Waals surface area (Å²) in [6.07, 6.45) is 2.65. The minimum Gasteiger partial charge on any atom is -0.350 e. The summed E-state index contributed by atoms with van der Waals surface area (Å²) in [5.74, 6) is -0.810. The number of carbonyl (C=O) groups excluding carboxylic acids is 3. The van der Waals surface area contributed by atoms with Gasteiger partial charge in [-0.05, 0) is 29.7 Å². The first-order valence-electron chi connectivity index (χ1n) is 9.35. The number of piperidine rings is 1. The van der Waals surface area contributed by atoms with Crippen LogP contribution in [-0.4, -0.2) is 33.2 Å². The zero-order chi connectivity index (χ0) is 19.4. The van der Waals surface area contributed by atoms with E-state index < -0.39 is 6.04 Å². The fourth-order valence-electron chi connectivity index (χ4n) is 4.41. The Labute approximate surface area is 161 Å². The summed E-state index contributed by atoms with van der Waals surface area (Å²) < 4.78 is 2.08. The Kier molecular flexibility index (Phi) is 3.62. The van der Waals surface area contributed by atoms with Gasteiger partial charge in [-0.25, -0.2) is 0 Å². The Balaban J connectivity index is 1.60. The second-order valence-electron chi connectivity index (χ2n) is 7.40. The molecule has 5 rings (SSSR count). The maximum Gasteiger partial charge on any atom is 0.255 e. The third-order valence-corrected chi connectivity index (χ3v) is 5.77. The van der Waals surface area contributed by atoms with Crippen molar-refractivity contribution in [2.45, 2.75) is 25.4 Å². The van der Waals surface area contributed by atoms with Gasteiger partial charge in [-0.2, -0.15) is 0 Å². The van der Waals surface area contributed by atoms with Gasteiger partial charge in [0.15, 0.2) is 0 Å². The van der Waals surface area contributed by atoms with Gasteiger partial charge in [0.2, 0.25) is 11.8 Å². The van der Waals surface area contributed by atoms with Crippen LogP contribution in [0.1, 0.15) is 28.8 Å². The van der Waals surface area contributed by atoms with Crippen LogP contribution in [0.5, 0.6) is 0 Å². The highest BCUT2D eigenvalue weighted by atomic mass is 16.2. The lowest BCUT2D eigenvalue weighted by molar-refractivity contribution is -0.136. The van der Waals surface area contributed by atoms with Gasteiger partial charge in [0.1, 0.15) is 6.04 Å². The summed E-state index contributed by atoms with van der Waals surface area (Å²) in [6.45, 7) is 0.372. The Bertz CT molecular complexity index is 1160. The Morgan fingerprint density at radius 2 is 1.71 bits per heavy atom. The number of fused-ring (bicyclic) bond motifs is 2. The van der Waals surface area contributed by atoms with Crippen LogP contribution in [0, 0.1) is 0 Å². The minimum atomic E-state index is -0.601. The smallest absolute Gasteiger partial charge is 0.255 e. The van der Waals surface area contributed by atoms with Crippen LogP contribution in [0.4, 0.5) is 0 Å². The average molecular weight is 373 g/mol. The molecule has 3 amide bonds. The fourth-order valence-corrected chi connectivity index (χ4v) is 4.41. The largest absolute Gasteiger partial charge is 0.350 e. The number of nitrogens with zero attached hydrogens (tertiary/aromatic N) is 2. The van der Waals surface area contributed by atoms with Gasteiger partial charge in [-0.3, -0.25) is 19.7 Å². The second-order valence-corrected chi connectivity index (χ2v) is 7.40. The van der Waals surface area contributed by atoms with Crippen molar-refractivity contribution in [3.63, 3.8) is 0 Å². The fraction of sp³-hybridized carbons (Fsp3) is 0.227. The summed E-state index contributed by atoms with van der Waals surface area (Å²) in [6, 6.07) is 13.4. The molecular weight excluding hydrogens is 354 g/mol. The average Bonchev–Trinajstić information content (AvgIpc) is 3.23. The van der Waals surface area contributed by atoms with Crippen LogP contribution >= 0.6 is 0 Å². The molecule has 1 N–H and O–H groups in total. The van der Waals surface area contributed by atoms with Crippen LogP contribution in [0.2, 0.25) is 0 Å². The first-order chi connectivity index (χ1) is 13.5. The monoisotopic (exact) mass is 373 g/mol. The molecule has 1 fully saturated rings. The van der Waals surface area contributed by atoms with Gasteiger partial charge in [-0.15, -0.1) is 0 Å². The quantitative estimate of drug-likeness (QED) is 0.702. The van der Waals surface area contributed by atoms with Gasteiger partial charge in [-0.1, -0.05) is 30.3 Å². The lowest BCUT2D eigenvalue weighted by Crippen LogP contribution is -2.52. The molecule has 1 atom stereocenters. The topological polar surface area (TPSA) is 71.4 Å². The highest BCUT2D eigenvalue weighted by molar-refractivity contribution is 6.07. The number of aryl methyl sites for hydroxylation is 1. The molecule has 0 aliphatic carbocycles. The van der Waals surface area contributed by atoms with E-state index in [1.807, 2.05) is 37.5 Å². The van der Waals surface area contributed by atoms with Crippen molar-refractivity contribution < 1.29 is 14.4 Å². The molecule has 3 heterocycles. The highest BCUT2D eigenvalue weighted by Gasteiger charge is 2.39. The summed E-state index contributed by atoms with van der Waals surface area (Å²) in [5.41, 5.74) is 4.76. The van der Waals surface area contributed by atoms with Crippen molar-refractivity contribution in [2.75, 3.05) is 0 Å². The number of hydrogen-bond acceptors (Lipinski definition) is 3. The van der Waals surface area contributed by atoms with Gasteiger partial charge in [0, 0.05) is 42.7 Å². The molecule has 2 aliphatic rings. The number of rotatable bonds is 2. The normalized spacial score (nSPS) is 19.2. The van der Waals surface area contributed by atoms with E-state index in [1.54, 1.807) is 4.90 Å². The molecular formula is C22H19N3O3. The van der Waals surface area contributed by atoms with Gasteiger partial charge >= 0.3 is 0 Å². The van der Waals surface area contributed by atoms with Crippen LogP contribution in [0.3, 0.4) is 0 Å². The molecule has 6 heteroatoms. The van der Waals surface area contributed by atoms with Crippen LogP contribution in [0.15, 0.2) is 48.7 Å². The molecule has 1 aromatic heterocycles. The third-order valence-electron chi connectivity index (χ3n) is 5.77. The molecule has 0 radical (unpaired) electrons. The van der Waals surface area contributed by atoms with E-state index in [-0.39, 0.29) is 24.1 Å². The molecule has 3 aromatic rings. The van der Waals surface area contributed by atoms with Crippen LogP contribution < -0.4 is 5.32 Å². The Morgan fingerprint density at radius 1 is 0.964 bits per heavy atom. The number of aromatic nitrogens is 1. The summed E-state index contributed by atoms with van der Waals surface area (Å²) >= 11 is 0. The van der Waals surface area contributed by atoms with E-state index in [0.29, 0.717) is 18.5 Å². The number of hydrogen-bond donors (Lipinski definition) is 1. The third kappa shape index (κ3) is 2.37. The predicted molar refractivity (Wildman–Crippen MR) is 104 cm³/mol. The standard InChI is InChI=1S/C22H19N3O3/c1-24-11-10-13-4-2-6-15(20(13)24)14-5-3-7-16-17(14)12-25(22(16)28)18-8-9-19(26)23-21(18)27/h2-7,10-11,18H,8-9,12H2,1H3,(H,23,26,27). The minimum absolute atomic E-state index is 0.148. The maximum atomic E-state index is 13.0. The maximum absolute atomic E-state index is 13.0. The number of imide groups is 1. The van der Waals surface area contributed by atoms with E-state index in [2.05, 4.69) is 28.1 Å².